The molecule has 0 saturated carbocycles. The van der Waals surface area contributed by atoms with E-state index in [9.17, 15) is 8.42 Å². The molecule has 1 heterocycles. The number of nitrogens with zero attached hydrogens (tertiary/aromatic N) is 1. The minimum absolute atomic E-state index is 0.185. The van der Waals surface area contributed by atoms with Crippen LogP contribution in [0.5, 0.6) is 5.75 Å². The van der Waals surface area contributed by atoms with Gasteiger partial charge in [-0.1, -0.05) is 17.7 Å². The number of benzene rings is 2. The van der Waals surface area contributed by atoms with Crippen molar-refractivity contribution in [2.24, 2.45) is 0 Å². The lowest BCUT2D eigenvalue weighted by Crippen LogP contribution is -2.29. The lowest BCUT2D eigenvalue weighted by Gasteiger charge is -2.28. The number of nitrogens with one attached hydrogen (secondary N) is 1. The van der Waals surface area contributed by atoms with Gasteiger partial charge in [0, 0.05) is 7.05 Å². The number of rotatable bonds is 3. The molecule has 1 aliphatic heterocycles. The van der Waals surface area contributed by atoms with E-state index in [0.29, 0.717) is 26.6 Å². The van der Waals surface area contributed by atoms with E-state index in [1.165, 1.54) is 6.07 Å². The monoisotopic (exact) mass is 464 g/mol. The first-order valence-electron chi connectivity index (χ1n) is 6.83. The predicted octanol–water partition coefficient (Wildman–Crippen LogP) is 3.57. The highest BCUT2D eigenvalue weighted by atomic mass is 127. The van der Waals surface area contributed by atoms with Gasteiger partial charge in [0.1, 0.15) is 12.4 Å². The minimum atomic E-state index is -3.71. The van der Waals surface area contributed by atoms with Crippen LogP contribution >= 0.6 is 34.2 Å². The Labute approximate surface area is 153 Å². The molecule has 0 radical (unpaired) electrons. The smallest absolute Gasteiger partial charge is 0.262 e. The van der Waals surface area contributed by atoms with Gasteiger partial charge in [-0.3, -0.25) is 4.72 Å². The molecular formula is C15H14ClIN2O3S. The second-order valence-electron chi connectivity index (χ2n) is 5.11. The van der Waals surface area contributed by atoms with Crippen LogP contribution in [0.3, 0.4) is 0 Å². The van der Waals surface area contributed by atoms with E-state index in [2.05, 4.69) is 4.72 Å². The molecule has 0 amide bonds. The Hall–Kier alpha value is -1.19. The summed E-state index contributed by atoms with van der Waals surface area (Å²) >= 11 is 8.05. The average molecular weight is 465 g/mol. The number of hydrogen-bond acceptors (Lipinski definition) is 4. The summed E-state index contributed by atoms with van der Waals surface area (Å²) in [5.74, 6) is 0.690. The SMILES string of the molecule is CN1CCOc2ccc(S(=O)(=O)Nc3cccc(Cl)c3I)cc21. The first-order valence-corrected chi connectivity index (χ1v) is 9.77. The van der Waals surface area contributed by atoms with Gasteiger partial charge in [-0.15, -0.1) is 0 Å². The number of anilines is 2. The van der Waals surface area contributed by atoms with Crippen LogP contribution in [0.2, 0.25) is 5.02 Å². The molecule has 2 aromatic carbocycles. The van der Waals surface area contributed by atoms with Crippen LogP contribution in [0.25, 0.3) is 0 Å². The van der Waals surface area contributed by atoms with E-state index in [-0.39, 0.29) is 4.90 Å². The molecule has 122 valence electrons. The largest absolute Gasteiger partial charge is 0.490 e. The van der Waals surface area contributed by atoms with E-state index in [4.69, 9.17) is 16.3 Å². The highest BCUT2D eigenvalue weighted by Gasteiger charge is 2.21. The topological polar surface area (TPSA) is 58.6 Å². The molecule has 3 rings (SSSR count). The zero-order valence-electron chi connectivity index (χ0n) is 12.2. The van der Waals surface area contributed by atoms with Gasteiger partial charge in [-0.25, -0.2) is 8.42 Å². The van der Waals surface area contributed by atoms with Crippen molar-refractivity contribution >= 4 is 55.6 Å². The zero-order chi connectivity index (χ0) is 16.6. The third-order valence-corrected chi connectivity index (χ3v) is 6.69. The van der Waals surface area contributed by atoms with Gasteiger partial charge in [-0.2, -0.15) is 0 Å². The van der Waals surface area contributed by atoms with Gasteiger partial charge in [-0.05, 0) is 52.9 Å². The molecule has 0 fully saturated rings. The summed E-state index contributed by atoms with van der Waals surface area (Å²) in [5.41, 5.74) is 1.22. The summed E-state index contributed by atoms with van der Waals surface area (Å²) in [5, 5.41) is 0.504. The summed E-state index contributed by atoms with van der Waals surface area (Å²) in [7, 11) is -1.80. The van der Waals surface area contributed by atoms with Gasteiger partial charge >= 0.3 is 0 Å². The highest BCUT2D eigenvalue weighted by Crippen LogP contribution is 2.34. The van der Waals surface area contributed by atoms with Crippen LogP contribution in [-0.2, 0) is 10.0 Å². The van der Waals surface area contributed by atoms with Gasteiger partial charge in [0.05, 0.1) is 31.4 Å². The molecule has 0 aromatic heterocycles. The molecule has 1 aliphatic rings. The molecule has 0 saturated heterocycles. The Morgan fingerprint density at radius 1 is 1.30 bits per heavy atom. The van der Waals surface area contributed by atoms with Crippen LogP contribution in [0.1, 0.15) is 0 Å². The maximum Gasteiger partial charge on any atom is 0.262 e. The fourth-order valence-electron chi connectivity index (χ4n) is 2.28. The second-order valence-corrected chi connectivity index (χ2v) is 8.27. The molecule has 0 spiro atoms. The lowest BCUT2D eigenvalue weighted by molar-refractivity contribution is 0.311. The van der Waals surface area contributed by atoms with Crippen molar-refractivity contribution in [1.29, 1.82) is 0 Å². The van der Waals surface area contributed by atoms with E-state index in [1.54, 1.807) is 30.3 Å². The summed E-state index contributed by atoms with van der Waals surface area (Å²) in [6.45, 7) is 1.31. The van der Waals surface area contributed by atoms with Crippen molar-refractivity contribution in [3.63, 3.8) is 0 Å². The van der Waals surface area contributed by atoms with Gasteiger partial charge in [0.25, 0.3) is 10.0 Å². The van der Waals surface area contributed by atoms with Crippen LogP contribution in [0.15, 0.2) is 41.3 Å². The van der Waals surface area contributed by atoms with Crippen molar-refractivity contribution < 1.29 is 13.2 Å². The van der Waals surface area contributed by atoms with Crippen LogP contribution in [0.4, 0.5) is 11.4 Å². The Morgan fingerprint density at radius 3 is 2.87 bits per heavy atom. The van der Waals surface area contributed by atoms with Crippen molar-refractivity contribution in [3.8, 4) is 5.75 Å². The first-order chi connectivity index (χ1) is 10.9. The summed E-state index contributed by atoms with van der Waals surface area (Å²) in [4.78, 5) is 2.16. The summed E-state index contributed by atoms with van der Waals surface area (Å²) in [6.07, 6.45) is 0. The number of likely N-dealkylation sites (N-methyl/N-ethyl adjacent to an activating group) is 1. The Morgan fingerprint density at radius 2 is 2.09 bits per heavy atom. The minimum Gasteiger partial charge on any atom is -0.490 e. The molecule has 5 nitrogen and oxygen atoms in total. The number of ether oxygens (including phenoxy) is 1. The first kappa shape index (κ1) is 16.7. The van der Waals surface area contributed by atoms with Crippen LogP contribution < -0.4 is 14.4 Å². The fraction of sp³-hybridized carbons (Fsp3) is 0.200. The summed E-state index contributed by atoms with van der Waals surface area (Å²) in [6, 6.07) is 9.94. The third-order valence-electron chi connectivity index (χ3n) is 3.53. The maximum atomic E-state index is 12.6. The Balaban J connectivity index is 1.97. The van der Waals surface area contributed by atoms with Crippen LogP contribution in [-0.4, -0.2) is 28.6 Å². The second kappa shape index (κ2) is 6.37. The summed E-state index contributed by atoms with van der Waals surface area (Å²) < 4.78 is 34.1. The van der Waals surface area contributed by atoms with Gasteiger partial charge < -0.3 is 9.64 Å². The van der Waals surface area contributed by atoms with Crippen LogP contribution in [0, 0.1) is 3.57 Å². The molecular weight excluding hydrogens is 451 g/mol. The lowest BCUT2D eigenvalue weighted by atomic mass is 10.2. The molecule has 0 bridgehead atoms. The zero-order valence-corrected chi connectivity index (χ0v) is 15.9. The molecule has 8 heteroatoms. The standard InChI is InChI=1S/C15H14ClIN2O3S/c1-19-7-8-22-14-6-5-10(9-13(14)19)23(20,21)18-12-4-2-3-11(16)15(12)17/h2-6,9,18H,7-8H2,1H3. The number of sulfonamides is 1. The Bertz CT molecular complexity index is 858. The highest BCUT2D eigenvalue weighted by molar-refractivity contribution is 14.1. The van der Waals surface area contributed by atoms with E-state index < -0.39 is 10.0 Å². The van der Waals surface area contributed by atoms with Gasteiger partial charge in [0.15, 0.2) is 0 Å². The average Bonchev–Trinajstić information content (AvgIpc) is 2.52. The third kappa shape index (κ3) is 3.36. The quantitative estimate of drug-likeness (QED) is 0.706. The molecule has 0 aliphatic carbocycles. The van der Waals surface area contributed by atoms with Crippen molar-refractivity contribution in [2.75, 3.05) is 29.8 Å². The maximum absolute atomic E-state index is 12.6. The van der Waals surface area contributed by atoms with Crippen molar-refractivity contribution in [3.05, 3.63) is 45.0 Å². The Kier molecular flexibility index (Phi) is 4.61. The molecule has 1 N–H and O–H groups in total. The van der Waals surface area contributed by atoms with E-state index in [0.717, 1.165) is 12.2 Å². The van der Waals surface area contributed by atoms with Crippen molar-refractivity contribution in [2.45, 2.75) is 4.90 Å². The molecule has 23 heavy (non-hydrogen) atoms. The fourth-order valence-corrected chi connectivity index (χ4v) is 4.23. The molecule has 2 aromatic rings. The number of halogens is 2. The van der Waals surface area contributed by atoms with Gasteiger partial charge in [0.2, 0.25) is 0 Å². The predicted molar refractivity (Wildman–Crippen MR) is 100 cm³/mol. The normalized spacial score (nSPS) is 14.1. The van der Waals surface area contributed by atoms with E-state index >= 15 is 0 Å². The molecule has 0 atom stereocenters. The number of fused-ring (bicyclic) bond motifs is 1. The number of hydrogen-bond donors (Lipinski definition) is 1. The molecule has 0 unspecified atom stereocenters. The van der Waals surface area contributed by atoms with E-state index in [1.807, 2.05) is 34.5 Å². The van der Waals surface area contributed by atoms with Crippen molar-refractivity contribution in [1.82, 2.24) is 0 Å².